The van der Waals surface area contributed by atoms with Gasteiger partial charge in [-0.15, -0.1) is 0 Å². The van der Waals surface area contributed by atoms with Gasteiger partial charge >= 0.3 is 190 Å². The first-order valence-corrected chi connectivity index (χ1v) is 15.4. The molecule has 1 nitrogen and oxygen atoms in total. The van der Waals surface area contributed by atoms with E-state index in [0.29, 0.717) is 0 Å². The van der Waals surface area contributed by atoms with Gasteiger partial charge in [-0.25, -0.2) is 0 Å². The van der Waals surface area contributed by atoms with Gasteiger partial charge in [0.05, 0.1) is 0 Å². The van der Waals surface area contributed by atoms with Gasteiger partial charge in [0.15, 0.2) is 0 Å². The monoisotopic (exact) mass is 552 g/mol. The van der Waals surface area contributed by atoms with E-state index in [2.05, 4.69) is 114 Å². The second-order valence-corrected chi connectivity index (χ2v) is 19.3. The summed E-state index contributed by atoms with van der Waals surface area (Å²) in [4.78, 5) is 0. The Balaban J connectivity index is 2.00. The van der Waals surface area contributed by atoms with Crippen LogP contribution in [0.4, 0.5) is 0 Å². The Morgan fingerprint density at radius 3 is 1.17 bits per heavy atom. The summed E-state index contributed by atoms with van der Waals surface area (Å²) in [6.07, 6.45) is -0.544. The standard InChI is InChI=1S/C26H23GeIO/c28-26(25(29)21-13-5-1-6-14-21)27(22-15-7-2-8-16-22,23-17-9-3-10-18-23)24-19-11-4-12-20-24/h1-20,25-26,29H/t25-,26+/m0/s1. The fourth-order valence-corrected chi connectivity index (χ4v) is 20.2. The van der Waals surface area contributed by atoms with Crippen LogP contribution in [0.25, 0.3) is 0 Å². The van der Waals surface area contributed by atoms with Crippen LogP contribution in [0.2, 0.25) is 0 Å². The zero-order valence-corrected chi connectivity index (χ0v) is 20.3. The molecule has 4 aromatic carbocycles. The van der Waals surface area contributed by atoms with Gasteiger partial charge in [0, 0.05) is 0 Å². The van der Waals surface area contributed by atoms with Crippen LogP contribution in [0.5, 0.6) is 0 Å². The average Bonchev–Trinajstić information content (AvgIpc) is 2.82. The van der Waals surface area contributed by atoms with Gasteiger partial charge in [0.1, 0.15) is 0 Å². The summed E-state index contributed by atoms with van der Waals surface area (Å²) in [5.41, 5.74) is 0.977. The van der Waals surface area contributed by atoms with Crippen molar-refractivity contribution in [1.82, 2.24) is 0 Å². The summed E-state index contributed by atoms with van der Waals surface area (Å²) >= 11 is -0.719. The van der Waals surface area contributed by atoms with Gasteiger partial charge in [-0.3, -0.25) is 0 Å². The van der Waals surface area contributed by atoms with E-state index in [9.17, 15) is 5.11 Å². The molecule has 0 aliphatic rings. The molecule has 0 heterocycles. The second kappa shape index (κ2) is 9.29. The maximum absolute atomic E-state index is 11.5. The molecule has 0 bridgehead atoms. The minimum absolute atomic E-state index is 0.0576. The van der Waals surface area contributed by atoms with Crippen molar-refractivity contribution >= 4 is 49.0 Å². The van der Waals surface area contributed by atoms with Crippen LogP contribution in [0.3, 0.4) is 0 Å². The molecule has 4 aromatic rings. The first kappa shape index (κ1) is 20.4. The Morgan fingerprint density at radius 2 is 0.828 bits per heavy atom. The number of alkyl halides is 1. The molecule has 0 aliphatic heterocycles. The number of hydrogen-bond donors (Lipinski definition) is 1. The molecule has 0 radical (unpaired) electrons. The van der Waals surface area contributed by atoms with Crippen molar-refractivity contribution in [1.29, 1.82) is 0 Å². The van der Waals surface area contributed by atoms with Crippen LogP contribution in [0.1, 0.15) is 11.7 Å². The molecule has 0 saturated carbocycles. The molecule has 29 heavy (non-hydrogen) atoms. The number of halogens is 1. The van der Waals surface area contributed by atoms with Crippen LogP contribution in [0.15, 0.2) is 121 Å². The quantitative estimate of drug-likeness (QED) is 0.216. The van der Waals surface area contributed by atoms with E-state index in [0.717, 1.165) is 5.56 Å². The van der Waals surface area contributed by atoms with Crippen molar-refractivity contribution in [3.05, 3.63) is 127 Å². The van der Waals surface area contributed by atoms with Crippen LogP contribution in [-0.4, -0.2) is 21.1 Å². The molecule has 0 amide bonds. The summed E-state index contributed by atoms with van der Waals surface area (Å²) in [6, 6.07) is 42.6. The van der Waals surface area contributed by atoms with E-state index in [4.69, 9.17) is 0 Å². The van der Waals surface area contributed by atoms with Crippen molar-refractivity contribution in [3.8, 4) is 0 Å². The van der Waals surface area contributed by atoms with Crippen molar-refractivity contribution < 1.29 is 5.11 Å². The molecule has 1 N–H and O–H groups in total. The molecule has 0 saturated heterocycles. The van der Waals surface area contributed by atoms with E-state index >= 15 is 0 Å². The maximum atomic E-state index is 11.5. The number of aliphatic hydroxyl groups excluding tert-OH is 1. The molecule has 3 heteroatoms. The molecular weight excluding hydrogens is 528 g/mol. The van der Waals surface area contributed by atoms with E-state index in [-0.39, 0.29) is 2.76 Å². The Morgan fingerprint density at radius 1 is 0.517 bits per heavy atom. The van der Waals surface area contributed by atoms with Crippen LogP contribution in [-0.2, 0) is 0 Å². The molecule has 2 atom stereocenters. The number of benzene rings is 4. The first-order chi connectivity index (χ1) is 14.2. The van der Waals surface area contributed by atoms with E-state index in [1.54, 1.807) is 0 Å². The third-order valence-corrected chi connectivity index (χ3v) is 21.3. The predicted molar refractivity (Wildman–Crippen MR) is 133 cm³/mol. The van der Waals surface area contributed by atoms with E-state index < -0.39 is 19.4 Å². The van der Waals surface area contributed by atoms with Crippen molar-refractivity contribution in [2.45, 2.75) is 8.86 Å². The van der Waals surface area contributed by atoms with Gasteiger partial charge < -0.3 is 0 Å². The third-order valence-electron chi connectivity index (χ3n) is 5.52. The fraction of sp³-hybridized carbons (Fsp3) is 0.0769. The summed E-state index contributed by atoms with van der Waals surface area (Å²) in [7, 11) is 0. The SMILES string of the molecule is O[C@@H](c1ccccc1)[C@@H](I)[Ge]([c]1ccccc1)([c]1ccccc1)[c]1ccccc1. The van der Waals surface area contributed by atoms with Gasteiger partial charge in [-0.05, 0) is 0 Å². The summed E-state index contributed by atoms with van der Waals surface area (Å²) < 4.78 is 4.14. The topological polar surface area (TPSA) is 20.2 Å². The molecule has 4 rings (SSSR count). The van der Waals surface area contributed by atoms with E-state index in [1.165, 1.54) is 13.2 Å². The van der Waals surface area contributed by atoms with E-state index in [1.807, 2.05) is 30.3 Å². The molecular formula is C26H23GeIO. The first-order valence-electron chi connectivity index (χ1n) is 9.78. The van der Waals surface area contributed by atoms with Gasteiger partial charge in [-0.1, -0.05) is 0 Å². The predicted octanol–water partition coefficient (Wildman–Crippen LogP) is 4.23. The second-order valence-electron chi connectivity index (χ2n) is 7.16. The summed E-state index contributed by atoms with van der Waals surface area (Å²) in [5, 5.41) is 11.5. The Kier molecular flexibility index (Phi) is 6.53. The number of hydrogen-bond acceptors (Lipinski definition) is 1. The zero-order valence-electron chi connectivity index (χ0n) is 16.0. The van der Waals surface area contributed by atoms with Crippen molar-refractivity contribution in [2.24, 2.45) is 0 Å². The van der Waals surface area contributed by atoms with Gasteiger partial charge in [0.2, 0.25) is 0 Å². The third kappa shape index (κ3) is 3.94. The molecule has 0 spiro atoms. The number of rotatable bonds is 6. The normalized spacial score (nSPS) is 13.6. The van der Waals surface area contributed by atoms with Crippen LogP contribution < -0.4 is 13.2 Å². The molecule has 0 aliphatic carbocycles. The van der Waals surface area contributed by atoms with Crippen LogP contribution >= 0.6 is 22.6 Å². The van der Waals surface area contributed by atoms with Gasteiger partial charge in [0.25, 0.3) is 0 Å². The zero-order chi connectivity index (χ0) is 20.1. The average molecular weight is 551 g/mol. The minimum atomic E-state index is -3.25. The summed E-state index contributed by atoms with van der Waals surface area (Å²) in [5.74, 6) is 0. The van der Waals surface area contributed by atoms with Crippen molar-refractivity contribution in [2.75, 3.05) is 0 Å². The molecule has 0 aromatic heterocycles. The molecule has 144 valence electrons. The Hall–Kier alpha value is -1.89. The van der Waals surface area contributed by atoms with Crippen molar-refractivity contribution in [3.63, 3.8) is 0 Å². The Bertz CT molecular complexity index is 927. The van der Waals surface area contributed by atoms with Gasteiger partial charge in [-0.2, -0.15) is 0 Å². The van der Waals surface area contributed by atoms with Crippen LogP contribution in [0, 0.1) is 0 Å². The molecule has 0 fully saturated rings. The Labute approximate surface area is 188 Å². The number of aliphatic hydroxyl groups is 1. The molecule has 0 unspecified atom stereocenters. The fourth-order valence-electron chi connectivity index (χ4n) is 4.14. The summed E-state index contributed by atoms with van der Waals surface area (Å²) in [6.45, 7) is 0.